The minimum Gasteiger partial charge on any atom is -0.455 e. The van der Waals surface area contributed by atoms with Crippen LogP contribution >= 0.6 is 11.3 Å². The molecule has 262 valence electrons. The zero-order valence-electron chi connectivity index (χ0n) is 30.1. The maximum absolute atomic E-state index is 6.75. The lowest BCUT2D eigenvalue weighted by atomic mass is 9.99. The molecule has 0 aliphatic heterocycles. The summed E-state index contributed by atoms with van der Waals surface area (Å²) in [5.74, 6) is 1.84. The quantitative estimate of drug-likeness (QED) is 0.171. The van der Waals surface area contributed by atoms with Crippen LogP contribution in [0.4, 0.5) is 0 Å². The van der Waals surface area contributed by atoms with Crippen molar-refractivity contribution < 1.29 is 4.42 Å². The summed E-state index contributed by atoms with van der Waals surface area (Å²) in [7, 11) is 0. The third-order valence-electron chi connectivity index (χ3n) is 10.6. The van der Waals surface area contributed by atoms with E-state index in [9.17, 15) is 0 Å². The first kappa shape index (κ1) is 32.2. The Bertz CT molecular complexity index is 3230. The molecular weight excluding hydrogens is 703 g/mol. The largest absolute Gasteiger partial charge is 0.455 e. The summed E-state index contributed by atoms with van der Waals surface area (Å²) in [5, 5.41) is 4.55. The Morgan fingerprint density at radius 1 is 0.339 bits per heavy atom. The molecule has 56 heavy (non-hydrogen) atoms. The number of thiophene rings is 1. The van der Waals surface area contributed by atoms with Crippen molar-refractivity contribution in [3.63, 3.8) is 0 Å². The minimum absolute atomic E-state index is 0.598. The zero-order chi connectivity index (χ0) is 37.0. The number of furan rings is 1. The second kappa shape index (κ2) is 13.3. The number of rotatable bonds is 6. The second-order valence-corrected chi connectivity index (χ2v) is 15.1. The van der Waals surface area contributed by atoms with Crippen LogP contribution in [0.25, 0.3) is 110 Å². The van der Waals surface area contributed by atoms with Crippen LogP contribution in [0.5, 0.6) is 0 Å². The zero-order valence-corrected chi connectivity index (χ0v) is 30.9. The molecule has 0 aliphatic carbocycles. The molecule has 0 spiro atoms. The summed E-state index contributed by atoms with van der Waals surface area (Å²) in [4.78, 5) is 15.2. The standard InChI is InChI=1S/C51H31N3OS/c1-4-12-32(13-5-1)34-22-24-36(25-23-34)50-52-49(35-16-8-3-9-17-35)53-51(54-50)43-20-11-21-44-47(43)42-19-10-18-39(48(42)55-44)38-27-29-41-40-28-26-37(33-14-6-2-7-15-33)30-45(40)56-46(41)31-38/h1-31H. The van der Waals surface area contributed by atoms with E-state index in [4.69, 9.17) is 19.4 Å². The number of hydrogen-bond donors (Lipinski definition) is 0. The van der Waals surface area contributed by atoms with Gasteiger partial charge in [0.05, 0.1) is 0 Å². The Balaban J connectivity index is 1.04. The molecule has 0 unspecified atom stereocenters. The predicted octanol–water partition coefficient (Wildman–Crippen LogP) is 14.1. The lowest BCUT2D eigenvalue weighted by Gasteiger charge is -2.10. The van der Waals surface area contributed by atoms with Crippen molar-refractivity contribution in [2.24, 2.45) is 0 Å². The van der Waals surface area contributed by atoms with Gasteiger partial charge in [0, 0.05) is 53.2 Å². The van der Waals surface area contributed by atoms with Crippen molar-refractivity contribution in [3.05, 3.63) is 188 Å². The number of benzene rings is 8. The van der Waals surface area contributed by atoms with E-state index in [0.717, 1.165) is 55.3 Å². The first-order valence-corrected chi connectivity index (χ1v) is 19.5. The monoisotopic (exact) mass is 733 g/mol. The molecule has 0 N–H and O–H groups in total. The highest BCUT2D eigenvalue weighted by Crippen LogP contribution is 2.43. The van der Waals surface area contributed by atoms with E-state index in [1.54, 1.807) is 0 Å². The van der Waals surface area contributed by atoms with Gasteiger partial charge in [-0.3, -0.25) is 0 Å². The van der Waals surface area contributed by atoms with Gasteiger partial charge in [-0.2, -0.15) is 0 Å². The molecule has 0 radical (unpaired) electrons. The van der Waals surface area contributed by atoms with Crippen LogP contribution in [0.15, 0.2) is 192 Å². The molecule has 0 saturated carbocycles. The molecule has 0 amide bonds. The summed E-state index contributed by atoms with van der Waals surface area (Å²) in [6, 6.07) is 65.6. The highest BCUT2D eigenvalue weighted by Gasteiger charge is 2.20. The van der Waals surface area contributed by atoms with Crippen LogP contribution in [0.2, 0.25) is 0 Å². The molecule has 0 atom stereocenters. The van der Waals surface area contributed by atoms with Gasteiger partial charge in [-0.25, -0.2) is 15.0 Å². The molecule has 4 nitrogen and oxygen atoms in total. The SMILES string of the molecule is c1ccc(-c2ccc(-c3nc(-c4ccccc4)nc(-c4cccc5oc6c(-c7ccc8c(c7)sc7cc(-c9ccccc9)ccc78)cccc6c45)n3)cc2)cc1. The third kappa shape index (κ3) is 5.56. The van der Waals surface area contributed by atoms with Gasteiger partial charge in [-0.1, -0.05) is 170 Å². The number of nitrogens with zero attached hydrogens (tertiary/aromatic N) is 3. The Hall–Kier alpha value is -7.21. The molecule has 3 aromatic heterocycles. The molecule has 5 heteroatoms. The highest BCUT2D eigenvalue weighted by atomic mass is 32.1. The molecule has 11 aromatic rings. The van der Waals surface area contributed by atoms with Crippen molar-refractivity contribution in [3.8, 4) is 67.5 Å². The fourth-order valence-electron chi connectivity index (χ4n) is 7.80. The Morgan fingerprint density at radius 2 is 0.821 bits per heavy atom. The number of hydrogen-bond acceptors (Lipinski definition) is 5. The summed E-state index contributed by atoms with van der Waals surface area (Å²) >= 11 is 1.83. The van der Waals surface area contributed by atoms with E-state index in [2.05, 4.69) is 140 Å². The van der Waals surface area contributed by atoms with Crippen LogP contribution in [0.1, 0.15) is 0 Å². The molecule has 11 rings (SSSR count). The molecule has 8 aromatic carbocycles. The Morgan fingerprint density at radius 3 is 1.50 bits per heavy atom. The van der Waals surface area contributed by atoms with E-state index in [0.29, 0.717) is 17.5 Å². The van der Waals surface area contributed by atoms with Gasteiger partial charge >= 0.3 is 0 Å². The molecular formula is C51H31N3OS. The van der Waals surface area contributed by atoms with E-state index in [1.807, 2.05) is 59.9 Å². The number of para-hydroxylation sites is 1. The molecule has 0 bridgehead atoms. The molecule has 0 aliphatic rings. The van der Waals surface area contributed by atoms with E-state index in [-0.39, 0.29) is 0 Å². The Kier molecular flexibility index (Phi) is 7.64. The van der Waals surface area contributed by atoms with Gasteiger partial charge in [-0.15, -0.1) is 11.3 Å². The fourth-order valence-corrected chi connectivity index (χ4v) is 8.98. The van der Waals surface area contributed by atoms with Gasteiger partial charge < -0.3 is 4.42 Å². The van der Waals surface area contributed by atoms with Crippen molar-refractivity contribution in [2.75, 3.05) is 0 Å². The highest BCUT2D eigenvalue weighted by molar-refractivity contribution is 7.25. The normalized spacial score (nSPS) is 11.6. The summed E-state index contributed by atoms with van der Waals surface area (Å²) in [6.07, 6.45) is 0. The maximum Gasteiger partial charge on any atom is 0.164 e. The third-order valence-corrected chi connectivity index (χ3v) is 11.7. The topological polar surface area (TPSA) is 51.8 Å². The smallest absolute Gasteiger partial charge is 0.164 e. The average molecular weight is 734 g/mol. The summed E-state index contributed by atoms with van der Waals surface area (Å²) in [5.41, 5.74) is 11.3. The van der Waals surface area contributed by atoms with Gasteiger partial charge in [0.15, 0.2) is 17.5 Å². The maximum atomic E-state index is 6.75. The fraction of sp³-hybridized carbons (Fsp3) is 0. The first-order valence-electron chi connectivity index (χ1n) is 18.7. The summed E-state index contributed by atoms with van der Waals surface area (Å²) in [6.45, 7) is 0. The van der Waals surface area contributed by atoms with Gasteiger partial charge in [0.25, 0.3) is 0 Å². The van der Waals surface area contributed by atoms with E-state index >= 15 is 0 Å². The van der Waals surface area contributed by atoms with E-state index < -0.39 is 0 Å². The molecule has 3 heterocycles. The van der Waals surface area contributed by atoms with Crippen molar-refractivity contribution >= 4 is 53.4 Å². The minimum atomic E-state index is 0.598. The number of aromatic nitrogens is 3. The van der Waals surface area contributed by atoms with Crippen LogP contribution < -0.4 is 0 Å². The lowest BCUT2D eigenvalue weighted by molar-refractivity contribution is 0.670. The van der Waals surface area contributed by atoms with Crippen LogP contribution in [0, 0.1) is 0 Å². The number of fused-ring (bicyclic) bond motifs is 6. The van der Waals surface area contributed by atoms with Crippen molar-refractivity contribution in [1.29, 1.82) is 0 Å². The van der Waals surface area contributed by atoms with Gasteiger partial charge in [0.2, 0.25) is 0 Å². The molecule has 0 fully saturated rings. The second-order valence-electron chi connectivity index (χ2n) is 14.0. The average Bonchev–Trinajstić information content (AvgIpc) is 3.85. The van der Waals surface area contributed by atoms with Crippen LogP contribution in [0.3, 0.4) is 0 Å². The predicted molar refractivity (Wildman–Crippen MR) is 233 cm³/mol. The van der Waals surface area contributed by atoms with Crippen molar-refractivity contribution in [1.82, 2.24) is 15.0 Å². The first-order chi connectivity index (χ1) is 27.7. The van der Waals surface area contributed by atoms with Crippen LogP contribution in [-0.2, 0) is 0 Å². The summed E-state index contributed by atoms with van der Waals surface area (Å²) < 4.78 is 9.28. The van der Waals surface area contributed by atoms with Crippen molar-refractivity contribution in [2.45, 2.75) is 0 Å². The molecule has 0 saturated heterocycles. The van der Waals surface area contributed by atoms with Gasteiger partial charge in [-0.05, 0) is 46.0 Å². The van der Waals surface area contributed by atoms with E-state index in [1.165, 1.54) is 36.9 Å². The lowest BCUT2D eigenvalue weighted by Crippen LogP contribution is -2.00. The Labute approximate surface area is 327 Å². The van der Waals surface area contributed by atoms with Crippen LogP contribution in [-0.4, -0.2) is 15.0 Å². The van der Waals surface area contributed by atoms with Gasteiger partial charge in [0.1, 0.15) is 11.2 Å².